The third-order valence-electron chi connectivity index (χ3n) is 4.28. The van der Waals surface area contributed by atoms with Gasteiger partial charge in [-0.3, -0.25) is 0 Å². The van der Waals surface area contributed by atoms with E-state index in [2.05, 4.69) is 21.2 Å². The molecule has 4 nitrogen and oxygen atoms in total. The third-order valence-corrected chi connectivity index (χ3v) is 5.24. The smallest absolute Gasteiger partial charge is 0.175 e. The minimum atomic E-state index is 0.360. The number of anilines is 1. The topological polar surface area (TPSA) is 39.7 Å². The van der Waals surface area contributed by atoms with E-state index in [1.807, 2.05) is 67.6 Å². The lowest BCUT2D eigenvalue weighted by Gasteiger charge is -2.15. The lowest BCUT2D eigenvalue weighted by atomic mass is 10.2. The highest BCUT2D eigenvalue weighted by atomic mass is 79.9. The number of hydrogen-bond donors (Lipinski definition) is 1. The van der Waals surface area contributed by atoms with Crippen LogP contribution in [-0.4, -0.2) is 13.7 Å². The molecule has 0 amide bonds. The van der Waals surface area contributed by atoms with Crippen molar-refractivity contribution >= 4 is 33.2 Å². The SMILES string of the molecule is CCOc1ccc(NCc2cc(Br)c(OCc3ccccc3Cl)c(OC)c2)cc1. The van der Waals surface area contributed by atoms with Crippen molar-refractivity contribution in [3.63, 3.8) is 0 Å². The Hall–Kier alpha value is -2.37. The summed E-state index contributed by atoms with van der Waals surface area (Å²) in [6.45, 7) is 3.64. The van der Waals surface area contributed by atoms with Crippen molar-refractivity contribution in [1.29, 1.82) is 0 Å². The summed E-state index contributed by atoms with van der Waals surface area (Å²) in [5.41, 5.74) is 3.00. The van der Waals surface area contributed by atoms with Crippen LogP contribution in [0.4, 0.5) is 5.69 Å². The van der Waals surface area contributed by atoms with Crippen LogP contribution in [0, 0.1) is 0 Å². The van der Waals surface area contributed by atoms with Crippen molar-refractivity contribution in [3.8, 4) is 17.2 Å². The van der Waals surface area contributed by atoms with E-state index in [0.717, 1.165) is 27.0 Å². The van der Waals surface area contributed by atoms with E-state index in [4.69, 9.17) is 25.8 Å². The average molecular weight is 477 g/mol. The van der Waals surface area contributed by atoms with Crippen LogP contribution in [0.5, 0.6) is 17.2 Å². The van der Waals surface area contributed by atoms with Crippen molar-refractivity contribution in [2.45, 2.75) is 20.1 Å². The lowest BCUT2D eigenvalue weighted by Crippen LogP contribution is -2.03. The van der Waals surface area contributed by atoms with E-state index in [9.17, 15) is 0 Å². The van der Waals surface area contributed by atoms with Crippen LogP contribution in [0.2, 0.25) is 5.02 Å². The maximum atomic E-state index is 6.22. The van der Waals surface area contributed by atoms with Gasteiger partial charge in [-0.25, -0.2) is 0 Å². The van der Waals surface area contributed by atoms with Crippen LogP contribution in [0.3, 0.4) is 0 Å². The van der Waals surface area contributed by atoms with Gasteiger partial charge >= 0.3 is 0 Å². The maximum Gasteiger partial charge on any atom is 0.175 e. The summed E-state index contributed by atoms with van der Waals surface area (Å²) >= 11 is 9.82. The molecule has 0 aliphatic heterocycles. The Bertz CT molecular complexity index is 947. The predicted octanol–water partition coefficient (Wildman–Crippen LogP) is 6.70. The fourth-order valence-corrected chi connectivity index (χ4v) is 3.61. The Morgan fingerprint density at radius 1 is 1.00 bits per heavy atom. The van der Waals surface area contributed by atoms with Crippen molar-refractivity contribution in [1.82, 2.24) is 0 Å². The Labute approximate surface area is 184 Å². The molecule has 152 valence electrons. The van der Waals surface area contributed by atoms with Gasteiger partial charge in [0.2, 0.25) is 0 Å². The molecule has 0 aromatic heterocycles. The van der Waals surface area contributed by atoms with Gasteiger partial charge < -0.3 is 19.5 Å². The van der Waals surface area contributed by atoms with E-state index in [1.165, 1.54) is 0 Å². The molecule has 0 aliphatic carbocycles. The molecule has 6 heteroatoms. The van der Waals surface area contributed by atoms with Crippen molar-refractivity contribution in [3.05, 3.63) is 81.3 Å². The lowest BCUT2D eigenvalue weighted by molar-refractivity contribution is 0.282. The van der Waals surface area contributed by atoms with Gasteiger partial charge in [-0.2, -0.15) is 0 Å². The standard InChI is InChI=1S/C23H23BrClNO3/c1-3-28-19-10-8-18(9-11-19)26-14-16-12-20(24)23(22(13-16)27-2)29-15-17-6-4-5-7-21(17)25/h4-13,26H,3,14-15H2,1-2H3. The highest BCUT2D eigenvalue weighted by Gasteiger charge is 2.13. The first-order chi connectivity index (χ1) is 14.1. The molecule has 0 spiro atoms. The molecule has 3 aromatic carbocycles. The molecule has 0 heterocycles. The molecule has 3 rings (SSSR count). The second-order valence-corrected chi connectivity index (χ2v) is 7.56. The molecule has 0 saturated heterocycles. The summed E-state index contributed by atoms with van der Waals surface area (Å²) in [5, 5.41) is 4.08. The molecule has 0 saturated carbocycles. The van der Waals surface area contributed by atoms with Crippen LogP contribution >= 0.6 is 27.5 Å². The van der Waals surface area contributed by atoms with E-state index in [0.29, 0.717) is 36.3 Å². The molecule has 29 heavy (non-hydrogen) atoms. The summed E-state index contributed by atoms with van der Waals surface area (Å²) in [6, 6.07) is 19.5. The fourth-order valence-electron chi connectivity index (χ4n) is 2.82. The highest BCUT2D eigenvalue weighted by Crippen LogP contribution is 2.37. The minimum absolute atomic E-state index is 0.360. The van der Waals surface area contributed by atoms with E-state index in [-0.39, 0.29) is 0 Å². The molecular formula is C23H23BrClNO3. The number of benzene rings is 3. The zero-order chi connectivity index (χ0) is 20.6. The first-order valence-corrected chi connectivity index (χ1v) is 10.5. The summed E-state index contributed by atoms with van der Waals surface area (Å²) in [5.74, 6) is 2.18. The van der Waals surface area contributed by atoms with Crippen molar-refractivity contribution in [2.24, 2.45) is 0 Å². The predicted molar refractivity (Wildman–Crippen MR) is 121 cm³/mol. The number of halogens is 2. The van der Waals surface area contributed by atoms with Gasteiger partial charge in [0.15, 0.2) is 11.5 Å². The molecular weight excluding hydrogens is 454 g/mol. The normalized spacial score (nSPS) is 10.5. The van der Waals surface area contributed by atoms with Gasteiger partial charge in [0, 0.05) is 22.8 Å². The van der Waals surface area contributed by atoms with Crippen molar-refractivity contribution < 1.29 is 14.2 Å². The number of hydrogen-bond acceptors (Lipinski definition) is 4. The second-order valence-electron chi connectivity index (χ2n) is 6.30. The summed E-state index contributed by atoms with van der Waals surface area (Å²) in [4.78, 5) is 0. The number of rotatable bonds is 9. The molecule has 0 bridgehead atoms. The molecule has 0 fully saturated rings. The van der Waals surface area contributed by atoms with E-state index >= 15 is 0 Å². The highest BCUT2D eigenvalue weighted by molar-refractivity contribution is 9.10. The third kappa shape index (κ3) is 5.81. The zero-order valence-corrected chi connectivity index (χ0v) is 18.7. The van der Waals surface area contributed by atoms with Crippen LogP contribution in [-0.2, 0) is 13.2 Å². The van der Waals surface area contributed by atoms with Gasteiger partial charge in [-0.05, 0) is 70.9 Å². The molecule has 3 aromatic rings. The van der Waals surface area contributed by atoms with Gasteiger partial charge in [-0.1, -0.05) is 29.8 Å². The molecule has 1 N–H and O–H groups in total. The summed E-state index contributed by atoms with van der Waals surface area (Å²) in [7, 11) is 1.63. The Morgan fingerprint density at radius 2 is 1.76 bits per heavy atom. The first kappa shape index (κ1) is 21.3. The molecule has 0 unspecified atom stereocenters. The molecule has 0 atom stereocenters. The van der Waals surface area contributed by atoms with Gasteiger partial charge in [0.25, 0.3) is 0 Å². The zero-order valence-electron chi connectivity index (χ0n) is 16.4. The van der Waals surface area contributed by atoms with Gasteiger partial charge in [0.05, 0.1) is 18.2 Å². The number of nitrogens with one attached hydrogen (secondary N) is 1. The largest absolute Gasteiger partial charge is 0.494 e. The van der Waals surface area contributed by atoms with Crippen LogP contribution in [0.1, 0.15) is 18.1 Å². The van der Waals surface area contributed by atoms with E-state index < -0.39 is 0 Å². The maximum absolute atomic E-state index is 6.22. The Kier molecular flexibility index (Phi) is 7.67. The summed E-state index contributed by atoms with van der Waals surface area (Å²) in [6.07, 6.45) is 0. The molecule has 0 radical (unpaired) electrons. The Balaban J connectivity index is 1.68. The monoisotopic (exact) mass is 475 g/mol. The van der Waals surface area contributed by atoms with E-state index in [1.54, 1.807) is 7.11 Å². The Morgan fingerprint density at radius 3 is 2.45 bits per heavy atom. The first-order valence-electron chi connectivity index (χ1n) is 9.30. The summed E-state index contributed by atoms with van der Waals surface area (Å²) < 4.78 is 17.8. The van der Waals surface area contributed by atoms with Gasteiger partial charge in [-0.15, -0.1) is 0 Å². The second kappa shape index (κ2) is 10.4. The van der Waals surface area contributed by atoms with Crippen molar-refractivity contribution in [2.75, 3.05) is 19.0 Å². The van der Waals surface area contributed by atoms with Crippen LogP contribution in [0.25, 0.3) is 0 Å². The number of methoxy groups -OCH3 is 1. The average Bonchev–Trinajstić information content (AvgIpc) is 2.73. The minimum Gasteiger partial charge on any atom is -0.494 e. The van der Waals surface area contributed by atoms with Crippen LogP contribution < -0.4 is 19.5 Å². The molecule has 0 aliphatic rings. The fraction of sp³-hybridized carbons (Fsp3) is 0.217. The number of ether oxygens (including phenoxy) is 3. The quantitative estimate of drug-likeness (QED) is 0.373. The van der Waals surface area contributed by atoms with Gasteiger partial charge in [0.1, 0.15) is 12.4 Å². The van der Waals surface area contributed by atoms with Crippen LogP contribution in [0.15, 0.2) is 65.1 Å².